The van der Waals surface area contributed by atoms with Crippen LogP contribution >= 0.6 is 0 Å². The fourth-order valence-corrected chi connectivity index (χ4v) is 3.35. The Morgan fingerprint density at radius 3 is 1.19 bits per heavy atom. The molecule has 4 aromatic heterocycles. The number of ether oxygens (including phenoxy) is 2. The van der Waals surface area contributed by atoms with E-state index in [9.17, 15) is 0 Å². The van der Waals surface area contributed by atoms with E-state index in [1.165, 1.54) is 22.3 Å². The molecular formula is C26H28N4O2+2. The molecule has 0 bridgehead atoms. The van der Waals surface area contributed by atoms with Crippen molar-refractivity contribution in [2.24, 2.45) is 0 Å². The maximum absolute atomic E-state index is 5.70. The highest BCUT2D eigenvalue weighted by Gasteiger charge is 2.04. The fourth-order valence-electron chi connectivity index (χ4n) is 3.35. The summed E-state index contributed by atoms with van der Waals surface area (Å²) in [5.41, 5.74) is 4.71. The van der Waals surface area contributed by atoms with Crippen molar-refractivity contribution in [1.82, 2.24) is 9.97 Å². The van der Waals surface area contributed by atoms with Crippen LogP contribution in [0.2, 0.25) is 0 Å². The molecule has 6 nitrogen and oxygen atoms in total. The molecule has 0 amide bonds. The van der Waals surface area contributed by atoms with E-state index < -0.39 is 0 Å². The van der Waals surface area contributed by atoms with Crippen LogP contribution in [0.5, 0.6) is 0 Å². The van der Waals surface area contributed by atoms with E-state index in [-0.39, 0.29) is 0 Å². The van der Waals surface area contributed by atoms with E-state index in [2.05, 4.69) is 68.2 Å². The zero-order valence-electron chi connectivity index (χ0n) is 18.1. The van der Waals surface area contributed by atoms with Crippen LogP contribution in [-0.4, -0.2) is 36.4 Å². The van der Waals surface area contributed by atoms with Crippen LogP contribution in [0.1, 0.15) is 0 Å². The first-order valence-corrected chi connectivity index (χ1v) is 10.8. The van der Waals surface area contributed by atoms with Gasteiger partial charge in [-0.25, -0.2) is 9.13 Å². The molecule has 0 saturated carbocycles. The van der Waals surface area contributed by atoms with E-state index in [0.717, 1.165) is 13.1 Å². The maximum Gasteiger partial charge on any atom is 0.171 e. The molecular weight excluding hydrogens is 400 g/mol. The van der Waals surface area contributed by atoms with E-state index in [0.29, 0.717) is 26.4 Å². The maximum atomic E-state index is 5.70. The van der Waals surface area contributed by atoms with Gasteiger partial charge in [-0.1, -0.05) is 0 Å². The molecule has 0 aliphatic carbocycles. The minimum Gasteiger partial charge on any atom is -0.372 e. The molecule has 0 radical (unpaired) electrons. The number of hydrogen-bond donors (Lipinski definition) is 0. The number of aromatic nitrogens is 4. The summed E-state index contributed by atoms with van der Waals surface area (Å²) in [5, 5.41) is 0. The average Bonchev–Trinajstić information content (AvgIpc) is 2.87. The van der Waals surface area contributed by atoms with Crippen LogP contribution in [0.25, 0.3) is 22.3 Å². The Bertz CT molecular complexity index is 967. The second-order valence-electron chi connectivity index (χ2n) is 7.35. The standard InChI is InChI=1S/C26H28N4O2/c1-9-27-10-2-23(1)25-5-13-29(14-6-25)17-19-31-21-22-32-20-18-30-15-7-26(8-16-30)24-3-11-28-12-4-24/h1-16H,17-22H2/q+2. The molecule has 6 heteroatoms. The predicted molar refractivity (Wildman–Crippen MR) is 121 cm³/mol. The molecule has 162 valence electrons. The minimum absolute atomic E-state index is 0.599. The number of hydrogen-bond acceptors (Lipinski definition) is 4. The van der Waals surface area contributed by atoms with Gasteiger partial charge in [0.1, 0.15) is 13.2 Å². The molecule has 0 N–H and O–H groups in total. The van der Waals surface area contributed by atoms with Crippen molar-refractivity contribution in [1.29, 1.82) is 0 Å². The van der Waals surface area contributed by atoms with Crippen molar-refractivity contribution < 1.29 is 18.6 Å². The lowest BCUT2D eigenvalue weighted by Crippen LogP contribution is -2.35. The monoisotopic (exact) mass is 428 g/mol. The Morgan fingerprint density at radius 1 is 0.469 bits per heavy atom. The highest BCUT2D eigenvalue weighted by atomic mass is 16.5. The third kappa shape index (κ3) is 6.51. The van der Waals surface area contributed by atoms with Gasteiger partial charge in [0, 0.05) is 49.1 Å². The molecule has 0 saturated heterocycles. The number of pyridine rings is 4. The van der Waals surface area contributed by atoms with E-state index in [4.69, 9.17) is 9.47 Å². The van der Waals surface area contributed by atoms with Gasteiger partial charge in [0.2, 0.25) is 0 Å². The lowest BCUT2D eigenvalue weighted by Gasteiger charge is -2.04. The van der Waals surface area contributed by atoms with Crippen molar-refractivity contribution in [3.8, 4) is 22.3 Å². The Balaban J connectivity index is 1.08. The summed E-state index contributed by atoms with van der Waals surface area (Å²) in [6.45, 7) is 4.15. The van der Waals surface area contributed by atoms with Crippen LogP contribution in [0.15, 0.2) is 98.1 Å². The highest BCUT2D eigenvalue weighted by Crippen LogP contribution is 2.16. The smallest absolute Gasteiger partial charge is 0.171 e. The summed E-state index contributed by atoms with van der Waals surface area (Å²) in [6, 6.07) is 16.5. The van der Waals surface area contributed by atoms with Gasteiger partial charge >= 0.3 is 0 Å². The van der Waals surface area contributed by atoms with Gasteiger partial charge < -0.3 is 9.47 Å². The van der Waals surface area contributed by atoms with Gasteiger partial charge in [-0.2, -0.15) is 0 Å². The fraction of sp³-hybridized carbons (Fsp3) is 0.231. The van der Waals surface area contributed by atoms with Crippen LogP contribution < -0.4 is 9.13 Å². The lowest BCUT2D eigenvalue weighted by atomic mass is 10.1. The van der Waals surface area contributed by atoms with Crippen LogP contribution in [-0.2, 0) is 22.6 Å². The predicted octanol–water partition coefficient (Wildman–Crippen LogP) is 3.12. The Kier molecular flexibility index (Phi) is 8.01. The van der Waals surface area contributed by atoms with Crippen LogP contribution in [0, 0.1) is 0 Å². The Morgan fingerprint density at radius 2 is 0.812 bits per heavy atom. The normalized spacial score (nSPS) is 10.9. The zero-order chi connectivity index (χ0) is 21.8. The van der Waals surface area contributed by atoms with Gasteiger partial charge in [0.15, 0.2) is 37.9 Å². The van der Waals surface area contributed by atoms with Gasteiger partial charge in [0.05, 0.1) is 13.2 Å². The molecule has 4 heterocycles. The van der Waals surface area contributed by atoms with Gasteiger partial charge in [-0.05, 0) is 46.5 Å². The quantitative estimate of drug-likeness (QED) is 0.272. The largest absolute Gasteiger partial charge is 0.372 e. The van der Waals surface area contributed by atoms with Crippen molar-refractivity contribution >= 4 is 0 Å². The number of rotatable bonds is 11. The summed E-state index contributed by atoms with van der Waals surface area (Å²) in [4.78, 5) is 8.12. The molecule has 0 aromatic carbocycles. The molecule has 4 rings (SSSR count). The molecule has 4 aromatic rings. The SMILES string of the molecule is c1cc(-c2cc[n+](CCOCCOCC[n+]3ccc(-c4ccncc4)cc3)cc2)ccn1. The first-order chi connectivity index (χ1) is 15.9. The second kappa shape index (κ2) is 11.8. The molecule has 0 unspecified atom stereocenters. The Labute approximate surface area is 188 Å². The van der Waals surface area contributed by atoms with Gasteiger partial charge in [-0.3, -0.25) is 9.97 Å². The van der Waals surface area contributed by atoms with Crippen molar-refractivity contribution in [3.63, 3.8) is 0 Å². The summed E-state index contributed by atoms with van der Waals surface area (Å²) in [5.74, 6) is 0. The highest BCUT2D eigenvalue weighted by molar-refractivity contribution is 5.61. The second-order valence-corrected chi connectivity index (χ2v) is 7.35. The Hall–Kier alpha value is -3.48. The van der Waals surface area contributed by atoms with Crippen molar-refractivity contribution in [2.75, 3.05) is 26.4 Å². The minimum atomic E-state index is 0.599. The van der Waals surface area contributed by atoms with Gasteiger partial charge in [-0.15, -0.1) is 0 Å². The molecule has 0 aliphatic rings. The average molecular weight is 429 g/mol. The molecule has 0 spiro atoms. The topological polar surface area (TPSA) is 52.0 Å². The molecule has 0 fully saturated rings. The van der Waals surface area contributed by atoms with Crippen molar-refractivity contribution in [2.45, 2.75) is 13.1 Å². The molecule has 0 aliphatic heterocycles. The zero-order valence-corrected chi connectivity index (χ0v) is 18.1. The summed E-state index contributed by atoms with van der Waals surface area (Å²) in [6.07, 6.45) is 15.5. The van der Waals surface area contributed by atoms with Crippen LogP contribution in [0.4, 0.5) is 0 Å². The summed E-state index contributed by atoms with van der Waals surface area (Å²) >= 11 is 0. The van der Waals surface area contributed by atoms with Crippen LogP contribution in [0.3, 0.4) is 0 Å². The third-order valence-electron chi connectivity index (χ3n) is 5.17. The lowest BCUT2D eigenvalue weighted by molar-refractivity contribution is -0.699. The first kappa shape index (κ1) is 21.7. The van der Waals surface area contributed by atoms with E-state index >= 15 is 0 Å². The van der Waals surface area contributed by atoms with Gasteiger partial charge in [0.25, 0.3) is 0 Å². The summed E-state index contributed by atoms with van der Waals surface area (Å²) < 4.78 is 15.7. The van der Waals surface area contributed by atoms with Crippen molar-refractivity contribution in [3.05, 3.63) is 98.1 Å². The van der Waals surface area contributed by atoms with E-state index in [1.54, 1.807) is 0 Å². The molecule has 32 heavy (non-hydrogen) atoms. The molecule has 0 atom stereocenters. The van der Waals surface area contributed by atoms with E-state index in [1.807, 2.05) is 49.1 Å². The number of nitrogens with zero attached hydrogens (tertiary/aromatic N) is 4. The first-order valence-electron chi connectivity index (χ1n) is 10.8. The third-order valence-corrected chi connectivity index (χ3v) is 5.17. The summed E-state index contributed by atoms with van der Waals surface area (Å²) in [7, 11) is 0.